The molecule has 0 saturated heterocycles. The summed E-state index contributed by atoms with van der Waals surface area (Å²) in [4.78, 5) is 11.5. The molecular weight excluding hydrogens is 324 g/mol. The van der Waals surface area contributed by atoms with E-state index in [0.29, 0.717) is 0 Å². The van der Waals surface area contributed by atoms with E-state index in [1.807, 2.05) is 0 Å². The molecule has 0 heterocycles. The van der Waals surface area contributed by atoms with Gasteiger partial charge in [-0.2, -0.15) is 13.2 Å². The second kappa shape index (κ2) is 5.27. The quantitative estimate of drug-likeness (QED) is 0.755. The van der Waals surface area contributed by atoms with Crippen molar-refractivity contribution < 1.29 is 22.7 Å². The molecule has 0 N–H and O–H groups in total. The van der Waals surface area contributed by atoms with Crippen molar-refractivity contribution in [2.24, 2.45) is 0 Å². The van der Waals surface area contributed by atoms with Crippen molar-refractivity contribution in [3.63, 3.8) is 0 Å². The maximum Gasteiger partial charge on any atom is 0.418 e. The fourth-order valence-corrected chi connectivity index (χ4v) is 1.99. The van der Waals surface area contributed by atoms with Crippen molar-refractivity contribution in [3.05, 3.63) is 32.8 Å². The van der Waals surface area contributed by atoms with Crippen molar-refractivity contribution in [2.75, 3.05) is 6.61 Å². The summed E-state index contributed by atoms with van der Waals surface area (Å²) in [5.41, 5.74) is -1.79. The highest BCUT2D eigenvalue weighted by Gasteiger charge is 2.39. The number of ether oxygens (including phenoxy) is 1. The van der Waals surface area contributed by atoms with Crippen molar-refractivity contribution in [3.8, 4) is 0 Å². The first-order valence-electron chi connectivity index (χ1n) is 4.51. The summed E-state index contributed by atoms with van der Waals surface area (Å²) in [6, 6.07) is 2.33. The van der Waals surface area contributed by atoms with Crippen LogP contribution < -0.4 is 0 Å². The van der Waals surface area contributed by atoms with E-state index < -0.39 is 28.3 Å². The Morgan fingerprint density at radius 2 is 2.06 bits per heavy atom. The lowest BCUT2D eigenvalue weighted by molar-refractivity contribution is -0.138. The second-order valence-corrected chi connectivity index (χ2v) is 4.26. The summed E-state index contributed by atoms with van der Waals surface area (Å²) in [5, 5.41) is -0.538. The molecule has 0 saturated carbocycles. The lowest BCUT2D eigenvalue weighted by Crippen LogP contribution is -2.16. The standard InChI is InChI=1S/C10H7BrClF3O2/c1-2-17-9(16)7-5(11)3-4-6(12)8(7)10(13,14)15/h3-4H,2H2,1H3. The summed E-state index contributed by atoms with van der Waals surface area (Å²) in [7, 11) is 0. The highest BCUT2D eigenvalue weighted by molar-refractivity contribution is 9.10. The lowest BCUT2D eigenvalue weighted by Gasteiger charge is -2.14. The van der Waals surface area contributed by atoms with Crippen LogP contribution in [0.3, 0.4) is 0 Å². The van der Waals surface area contributed by atoms with E-state index in [-0.39, 0.29) is 11.1 Å². The van der Waals surface area contributed by atoms with Gasteiger partial charge in [0.15, 0.2) is 0 Å². The molecule has 0 aliphatic rings. The molecule has 0 aliphatic carbocycles. The van der Waals surface area contributed by atoms with E-state index in [0.717, 1.165) is 6.07 Å². The molecule has 0 spiro atoms. The summed E-state index contributed by atoms with van der Waals surface area (Å²) in [6.45, 7) is 1.48. The number of hydrogen-bond acceptors (Lipinski definition) is 2. The summed E-state index contributed by atoms with van der Waals surface area (Å²) >= 11 is 8.37. The Morgan fingerprint density at radius 1 is 1.47 bits per heavy atom. The number of benzene rings is 1. The van der Waals surface area contributed by atoms with Gasteiger partial charge >= 0.3 is 12.1 Å². The van der Waals surface area contributed by atoms with Crippen molar-refractivity contribution >= 4 is 33.5 Å². The molecule has 2 nitrogen and oxygen atoms in total. The Bertz CT molecular complexity index is 446. The number of alkyl halides is 3. The number of carbonyl (C=O) groups excluding carboxylic acids is 1. The molecule has 1 rings (SSSR count). The largest absolute Gasteiger partial charge is 0.462 e. The Hall–Kier alpha value is -0.750. The first-order valence-corrected chi connectivity index (χ1v) is 5.68. The van der Waals surface area contributed by atoms with Crippen molar-refractivity contribution in [2.45, 2.75) is 13.1 Å². The van der Waals surface area contributed by atoms with Gasteiger partial charge in [0.2, 0.25) is 0 Å². The zero-order chi connectivity index (χ0) is 13.2. The monoisotopic (exact) mass is 330 g/mol. The minimum Gasteiger partial charge on any atom is -0.462 e. The van der Waals surface area contributed by atoms with Gasteiger partial charge in [0.1, 0.15) is 0 Å². The summed E-state index contributed by atoms with van der Waals surface area (Å²) in [6.07, 6.45) is -4.72. The molecule has 0 atom stereocenters. The molecule has 0 radical (unpaired) electrons. The third kappa shape index (κ3) is 3.13. The zero-order valence-electron chi connectivity index (χ0n) is 8.57. The first kappa shape index (κ1) is 14.3. The number of halogens is 5. The molecule has 1 aromatic rings. The van der Waals surface area contributed by atoms with Gasteiger partial charge in [-0.05, 0) is 35.0 Å². The fourth-order valence-electron chi connectivity index (χ4n) is 1.23. The van der Waals surface area contributed by atoms with Gasteiger partial charge in [0.05, 0.1) is 22.8 Å². The number of hydrogen-bond donors (Lipinski definition) is 0. The van der Waals surface area contributed by atoms with Crippen LogP contribution in [0.4, 0.5) is 13.2 Å². The van der Waals surface area contributed by atoms with Crippen LogP contribution in [0.25, 0.3) is 0 Å². The van der Waals surface area contributed by atoms with E-state index in [1.165, 1.54) is 13.0 Å². The minimum atomic E-state index is -4.72. The van der Waals surface area contributed by atoms with Gasteiger partial charge in [-0.15, -0.1) is 0 Å². The van der Waals surface area contributed by atoms with Gasteiger partial charge in [-0.25, -0.2) is 4.79 Å². The predicted octanol–water partition coefficient (Wildman–Crippen LogP) is 4.30. The summed E-state index contributed by atoms with van der Waals surface area (Å²) in [5.74, 6) is -1.06. The third-order valence-corrected chi connectivity index (χ3v) is 2.84. The average Bonchev–Trinajstić information content (AvgIpc) is 2.19. The van der Waals surface area contributed by atoms with E-state index in [2.05, 4.69) is 20.7 Å². The van der Waals surface area contributed by atoms with Crippen LogP contribution in [-0.4, -0.2) is 12.6 Å². The van der Waals surface area contributed by atoms with Gasteiger partial charge in [0, 0.05) is 4.47 Å². The SMILES string of the molecule is CCOC(=O)c1c(Br)ccc(Cl)c1C(F)(F)F. The maximum atomic E-state index is 12.8. The molecule has 94 valence electrons. The normalized spacial score (nSPS) is 11.4. The van der Waals surface area contributed by atoms with Gasteiger partial charge in [-0.1, -0.05) is 11.6 Å². The van der Waals surface area contributed by atoms with E-state index in [1.54, 1.807) is 0 Å². The van der Waals surface area contributed by atoms with E-state index >= 15 is 0 Å². The molecule has 17 heavy (non-hydrogen) atoms. The van der Waals surface area contributed by atoms with Crippen LogP contribution >= 0.6 is 27.5 Å². The fraction of sp³-hybridized carbons (Fsp3) is 0.300. The van der Waals surface area contributed by atoms with Crippen LogP contribution in [0.15, 0.2) is 16.6 Å². The zero-order valence-corrected chi connectivity index (χ0v) is 10.9. The molecule has 0 bridgehead atoms. The topological polar surface area (TPSA) is 26.3 Å². The molecule has 0 fully saturated rings. The van der Waals surface area contributed by atoms with Gasteiger partial charge in [0.25, 0.3) is 0 Å². The Morgan fingerprint density at radius 3 is 2.53 bits per heavy atom. The van der Waals surface area contributed by atoms with Crippen LogP contribution in [-0.2, 0) is 10.9 Å². The summed E-state index contributed by atoms with van der Waals surface area (Å²) < 4.78 is 42.9. The first-order chi connectivity index (χ1) is 7.79. The van der Waals surface area contributed by atoms with Crippen LogP contribution in [0.2, 0.25) is 5.02 Å². The van der Waals surface area contributed by atoms with Crippen LogP contribution in [0.1, 0.15) is 22.8 Å². The number of carbonyl (C=O) groups is 1. The molecule has 0 aliphatic heterocycles. The van der Waals surface area contributed by atoms with E-state index in [9.17, 15) is 18.0 Å². The van der Waals surface area contributed by atoms with E-state index in [4.69, 9.17) is 11.6 Å². The molecule has 7 heteroatoms. The van der Waals surface area contributed by atoms with Crippen molar-refractivity contribution in [1.82, 2.24) is 0 Å². The van der Waals surface area contributed by atoms with Crippen molar-refractivity contribution in [1.29, 1.82) is 0 Å². The van der Waals surface area contributed by atoms with Gasteiger partial charge < -0.3 is 4.74 Å². The molecule has 0 unspecified atom stereocenters. The van der Waals surface area contributed by atoms with Gasteiger partial charge in [-0.3, -0.25) is 0 Å². The highest BCUT2D eigenvalue weighted by Crippen LogP contribution is 2.40. The second-order valence-electron chi connectivity index (χ2n) is 3.00. The smallest absolute Gasteiger partial charge is 0.418 e. The minimum absolute atomic E-state index is 0.00678. The number of esters is 1. The molecule has 0 amide bonds. The Labute approximate surface area is 109 Å². The molecule has 0 aromatic heterocycles. The predicted molar refractivity (Wildman–Crippen MR) is 60.1 cm³/mol. The number of rotatable bonds is 2. The van der Waals surface area contributed by atoms with Crippen LogP contribution in [0.5, 0.6) is 0 Å². The average molecular weight is 332 g/mol. The van der Waals surface area contributed by atoms with Crippen LogP contribution in [0, 0.1) is 0 Å². The Kier molecular flexibility index (Phi) is 4.43. The molecule has 1 aromatic carbocycles. The lowest BCUT2D eigenvalue weighted by atomic mass is 10.1. The Balaban J connectivity index is 3.46. The third-order valence-electron chi connectivity index (χ3n) is 1.87. The molecular formula is C10H7BrClF3O2. The highest BCUT2D eigenvalue weighted by atomic mass is 79.9. The maximum absolute atomic E-state index is 12.8.